The Hall–Kier alpha value is -3.21. The first kappa shape index (κ1) is 21.5. The third-order valence-corrected chi connectivity index (χ3v) is 5.46. The fourth-order valence-electron chi connectivity index (χ4n) is 3.35. The van der Waals surface area contributed by atoms with E-state index < -0.39 is 0 Å². The van der Waals surface area contributed by atoms with E-state index in [0.717, 1.165) is 40.9 Å². The van der Waals surface area contributed by atoms with E-state index in [1.54, 1.807) is 11.9 Å². The average molecular weight is 404 g/mol. The van der Waals surface area contributed by atoms with Gasteiger partial charge in [0.05, 0.1) is 5.69 Å². The van der Waals surface area contributed by atoms with Crippen LogP contribution in [0.25, 0.3) is 11.3 Å². The zero-order chi connectivity index (χ0) is 21.5. The molecule has 156 valence electrons. The standard InChI is InChI=1S/C25H29N3O2/c1-18-11-12-21(16-19(18)2)24(29)13-14-25(30)28(3)15-7-10-22-17-23(27-26-22)20-8-5-4-6-9-20/h4-6,8-9,11-12,16-17H,7,10,13-15H2,1-3H3,(H,26,27). The van der Waals surface area contributed by atoms with Crippen LogP contribution in [0.4, 0.5) is 0 Å². The number of hydrogen-bond donors (Lipinski definition) is 1. The average Bonchev–Trinajstić information content (AvgIpc) is 3.23. The van der Waals surface area contributed by atoms with Crippen molar-refractivity contribution < 1.29 is 9.59 Å². The van der Waals surface area contributed by atoms with Crippen LogP contribution in [0, 0.1) is 13.8 Å². The highest BCUT2D eigenvalue weighted by molar-refractivity contribution is 5.98. The van der Waals surface area contributed by atoms with E-state index in [2.05, 4.69) is 16.3 Å². The predicted octanol–water partition coefficient (Wildman–Crippen LogP) is 4.75. The predicted molar refractivity (Wildman–Crippen MR) is 119 cm³/mol. The lowest BCUT2D eigenvalue weighted by molar-refractivity contribution is -0.129. The van der Waals surface area contributed by atoms with Gasteiger partial charge in [-0.2, -0.15) is 5.10 Å². The van der Waals surface area contributed by atoms with Crippen molar-refractivity contribution in [2.75, 3.05) is 13.6 Å². The highest BCUT2D eigenvalue weighted by atomic mass is 16.2. The van der Waals surface area contributed by atoms with E-state index in [0.29, 0.717) is 12.1 Å². The van der Waals surface area contributed by atoms with Crippen molar-refractivity contribution in [2.45, 2.75) is 39.5 Å². The summed E-state index contributed by atoms with van der Waals surface area (Å²) < 4.78 is 0. The van der Waals surface area contributed by atoms with Crippen LogP contribution >= 0.6 is 0 Å². The van der Waals surface area contributed by atoms with Gasteiger partial charge in [0.2, 0.25) is 5.91 Å². The molecule has 0 saturated carbocycles. The molecule has 1 amide bonds. The number of nitrogens with one attached hydrogen (secondary N) is 1. The van der Waals surface area contributed by atoms with E-state index in [1.807, 2.05) is 62.4 Å². The smallest absolute Gasteiger partial charge is 0.222 e. The molecule has 0 radical (unpaired) electrons. The first-order valence-corrected chi connectivity index (χ1v) is 10.4. The lowest BCUT2D eigenvalue weighted by Crippen LogP contribution is -2.28. The number of H-pyrrole nitrogens is 1. The molecule has 3 aromatic rings. The molecular formula is C25H29N3O2. The third kappa shape index (κ3) is 5.66. The van der Waals surface area contributed by atoms with Gasteiger partial charge in [-0.25, -0.2) is 0 Å². The number of aromatic nitrogens is 2. The number of amides is 1. The second kappa shape index (κ2) is 10.0. The summed E-state index contributed by atoms with van der Waals surface area (Å²) in [5.74, 6) is 0.0209. The number of hydrogen-bond acceptors (Lipinski definition) is 3. The molecule has 0 saturated heterocycles. The van der Waals surface area contributed by atoms with Gasteiger partial charge in [0, 0.05) is 43.3 Å². The van der Waals surface area contributed by atoms with Crippen molar-refractivity contribution in [3.05, 3.63) is 77.0 Å². The van der Waals surface area contributed by atoms with E-state index in [4.69, 9.17) is 0 Å². The van der Waals surface area contributed by atoms with E-state index in [9.17, 15) is 9.59 Å². The van der Waals surface area contributed by atoms with Crippen molar-refractivity contribution in [3.63, 3.8) is 0 Å². The summed E-state index contributed by atoms with van der Waals surface area (Å²) >= 11 is 0. The van der Waals surface area contributed by atoms with Crippen LogP contribution in [0.2, 0.25) is 0 Å². The lowest BCUT2D eigenvalue weighted by Gasteiger charge is -2.16. The molecule has 0 aliphatic rings. The molecule has 5 heteroatoms. The SMILES string of the molecule is Cc1ccc(C(=O)CCC(=O)N(C)CCCc2cc(-c3ccccc3)n[nH]2)cc1C. The van der Waals surface area contributed by atoms with E-state index in [-0.39, 0.29) is 24.5 Å². The largest absolute Gasteiger partial charge is 0.346 e. The zero-order valence-electron chi connectivity index (χ0n) is 17.9. The highest BCUT2D eigenvalue weighted by Gasteiger charge is 2.13. The number of carbonyl (C=O) groups excluding carboxylic acids is 2. The number of ketones is 1. The topological polar surface area (TPSA) is 66.1 Å². The van der Waals surface area contributed by atoms with Gasteiger partial charge in [-0.3, -0.25) is 14.7 Å². The minimum absolute atomic E-state index is 0.00164. The van der Waals surface area contributed by atoms with Crippen LogP contribution in [0.1, 0.15) is 46.4 Å². The molecule has 0 bridgehead atoms. The molecule has 30 heavy (non-hydrogen) atoms. The van der Waals surface area contributed by atoms with E-state index >= 15 is 0 Å². The van der Waals surface area contributed by atoms with Crippen LogP contribution < -0.4 is 0 Å². The first-order valence-electron chi connectivity index (χ1n) is 10.4. The Morgan fingerprint density at radius 3 is 2.47 bits per heavy atom. The Morgan fingerprint density at radius 1 is 0.967 bits per heavy atom. The summed E-state index contributed by atoms with van der Waals surface area (Å²) in [6, 6.07) is 17.8. The zero-order valence-corrected chi connectivity index (χ0v) is 17.9. The minimum atomic E-state index is 0.00164. The number of carbonyl (C=O) groups is 2. The maximum atomic E-state index is 12.4. The summed E-state index contributed by atoms with van der Waals surface area (Å²) in [6.07, 6.45) is 2.14. The van der Waals surface area contributed by atoms with Crippen molar-refractivity contribution in [2.24, 2.45) is 0 Å². The van der Waals surface area contributed by atoms with Gasteiger partial charge in [0.25, 0.3) is 0 Å². The van der Waals surface area contributed by atoms with Gasteiger partial charge in [0.15, 0.2) is 5.78 Å². The molecule has 3 rings (SSSR count). The summed E-state index contributed by atoms with van der Waals surface area (Å²) in [7, 11) is 1.80. The number of aromatic amines is 1. The molecule has 1 N–H and O–H groups in total. The quantitative estimate of drug-likeness (QED) is 0.525. The summed E-state index contributed by atoms with van der Waals surface area (Å²) in [5, 5.41) is 7.44. The van der Waals surface area contributed by atoms with Gasteiger partial charge >= 0.3 is 0 Å². The van der Waals surface area contributed by atoms with Gasteiger partial charge in [0.1, 0.15) is 0 Å². The molecule has 0 unspecified atom stereocenters. The van der Waals surface area contributed by atoms with Crippen molar-refractivity contribution >= 4 is 11.7 Å². The lowest BCUT2D eigenvalue weighted by atomic mass is 10.0. The van der Waals surface area contributed by atoms with Crippen molar-refractivity contribution in [1.29, 1.82) is 0 Å². The van der Waals surface area contributed by atoms with Crippen LogP contribution in [0.3, 0.4) is 0 Å². The Labute approximate surface area is 178 Å². The molecule has 1 heterocycles. The molecule has 2 aromatic carbocycles. The molecule has 0 spiro atoms. The van der Waals surface area contributed by atoms with Gasteiger partial charge in [-0.05, 0) is 49.9 Å². The number of aryl methyl sites for hydroxylation is 3. The summed E-state index contributed by atoms with van der Waals surface area (Å²) in [6.45, 7) is 4.66. The van der Waals surface area contributed by atoms with Crippen molar-refractivity contribution in [3.8, 4) is 11.3 Å². The van der Waals surface area contributed by atoms with Crippen LogP contribution in [0.5, 0.6) is 0 Å². The molecule has 1 aromatic heterocycles. The normalized spacial score (nSPS) is 10.8. The fourth-order valence-corrected chi connectivity index (χ4v) is 3.35. The summed E-state index contributed by atoms with van der Waals surface area (Å²) in [4.78, 5) is 26.5. The maximum Gasteiger partial charge on any atom is 0.222 e. The molecule has 0 atom stereocenters. The molecule has 0 aliphatic carbocycles. The second-order valence-corrected chi connectivity index (χ2v) is 7.79. The molecule has 0 aliphatic heterocycles. The van der Waals surface area contributed by atoms with Gasteiger partial charge < -0.3 is 4.90 Å². The Morgan fingerprint density at radius 2 is 1.73 bits per heavy atom. The Bertz CT molecular complexity index is 1010. The second-order valence-electron chi connectivity index (χ2n) is 7.79. The maximum absolute atomic E-state index is 12.4. The van der Waals surface area contributed by atoms with Crippen LogP contribution in [-0.2, 0) is 11.2 Å². The molecule has 0 fully saturated rings. The number of Topliss-reactive ketones (excluding diaryl/α,β-unsaturated/α-hetero) is 1. The van der Waals surface area contributed by atoms with E-state index in [1.165, 1.54) is 0 Å². The summed E-state index contributed by atoms with van der Waals surface area (Å²) in [5.41, 5.74) is 6.01. The highest BCUT2D eigenvalue weighted by Crippen LogP contribution is 2.17. The van der Waals surface area contributed by atoms with Crippen LogP contribution in [-0.4, -0.2) is 40.4 Å². The fraction of sp³-hybridized carbons (Fsp3) is 0.320. The van der Waals surface area contributed by atoms with Crippen LogP contribution in [0.15, 0.2) is 54.6 Å². The molecular weight excluding hydrogens is 374 g/mol. The van der Waals surface area contributed by atoms with Crippen molar-refractivity contribution in [1.82, 2.24) is 15.1 Å². The van der Waals surface area contributed by atoms with Gasteiger partial charge in [-0.15, -0.1) is 0 Å². The Kier molecular flexibility index (Phi) is 7.17. The Balaban J connectivity index is 1.42. The number of rotatable bonds is 9. The minimum Gasteiger partial charge on any atom is -0.346 e. The number of nitrogens with zero attached hydrogens (tertiary/aromatic N) is 2. The number of benzene rings is 2. The molecule has 5 nitrogen and oxygen atoms in total. The monoisotopic (exact) mass is 403 g/mol. The van der Waals surface area contributed by atoms with Gasteiger partial charge in [-0.1, -0.05) is 42.5 Å². The third-order valence-electron chi connectivity index (χ3n) is 5.46. The first-order chi connectivity index (χ1) is 14.4.